The molecule has 2 rings (SSSR count). The van der Waals surface area contributed by atoms with E-state index in [1.54, 1.807) is 0 Å². The molecule has 0 unspecified atom stereocenters. The Labute approximate surface area is 125 Å². The topological polar surface area (TPSA) is 21.3 Å². The molecule has 1 fully saturated rings. The third-order valence-corrected chi connectivity index (χ3v) is 4.17. The van der Waals surface area contributed by atoms with E-state index < -0.39 is 0 Å². The lowest BCUT2D eigenvalue weighted by Crippen LogP contribution is -2.35. The third kappa shape index (κ3) is 4.81. The maximum absolute atomic E-state index is 5.99. The summed E-state index contributed by atoms with van der Waals surface area (Å²) >= 11 is 3.53. The zero-order valence-electron chi connectivity index (χ0n) is 11.8. The molecular weight excluding hydrogens is 302 g/mol. The van der Waals surface area contributed by atoms with Gasteiger partial charge in [-0.15, -0.1) is 0 Å². The Balaban J connectivity index is 1.84. The first-order valence-corrected chi connectivity index (χ1v) is 8.23. The van der Waals surface area contributed by atoms with Crippen LogP contribution in [0.15, 0.2) is 22.7 Å². The summed E-state index contributed by atoms with van der Waals surface area (Å²) < 4.78 is 7.12. The second-order valence-electron chi connectivity index (χ2n) is 5.29. The average molecular weight is 326 g/mol. The second kappa shape index (κ2) is 7.91. The van der Waals surface area contributed by atoms with Crippen molar-refractivity contribution in [2.45, 2.75) is 51.5 Å². The summed E-state index contributed by atoms with van der Waals surface area (Å²) in [6, 6.07) is 6.98. The lowest BCUT2D eigenvalue weighted by Gasteiger charge is -2.23. The predicted molar refractivity (Wildman–Crippen MR) is 83.9 cm³/mol. The lowest BCUT2D eigenvalue weighted by atomic mass is 10.0. The highest BCUT2D eigenvalue weighted by molar-refractivity contribution is 9.10. The van der Waals surface area contributed by atoms with Crippen LogP contribution < -0.4 is 10.1 Å². The van der Waals surface area contributed by atoms with Gasteiger partial charge in [0.25, 0.3) is 0 Å². The fourth-order valence-corrected chi connectivity index (χ4v) is 3.04. The van der Waals surface area contributed by atoms with Crippen molar-refractivity contribution in [3.63, 3.8) is 0 Å². The Morgan fingerprint density at radius 1 is 1.37 bits per heavy atom. The molecule has 1 N–H and O–H groups in total. The minimum atomic E-state index is 0.652. The summed E-state index contributed by atoms with van der Waals surface area (Å²) in [5.74, 6) is 1.06. The van der Waals surface area contributed by atoms with E-state index in [9.17, 15) is 0 Å². The number of ether oxygens (including phenoxy) is 1. The van der Waals surface area contributed by atoms with E-state index in [1.165, 1.54) is 31.4 Å². The minimum Gasteiger partial charge on any atom is -0.493 e. The van der Waals surface area contributed by atoms with Crippen molar-refractivity contribution in [1.82, 2.24) is 5.32 Å². The molecule has 3 heteroatoms. The van der Waals surface area contributed by atoms with Crippen LogP contribution in [0.4, 0.5) is 0 Å². The second-order valence-corrected chi connectivity index (χ2v) is 6.20. The van der Waals surface area contributed by atoms with E-state index in [0.717, 1.165) is 36.1 Å². The highest BCUT2D eigenvalue weighted by Gasteiger charge is 2.12. The van der Waals surface area contributed by atoms with Crippen molar-refractivity contribution in [3.05, 3.63) is 28.2 Å². The van der Waals surface area contributed by atoms with Crippen molar-refractivity contribution in [1.29, 1.82) is 0 Å². The molecule has 1 aromatic rings. The van der Waals surface area contributed by atoms with Gasteiger partial charge in [0.1, 0.15) is 5.75 Å². The largest absolute Gasteiger partial charge is 0.493 e. The SMILES string of the molecule is CCCc1cc(Br)ccc1OCC[C@H]1CCCCN1. The molecule has 1 aliphatic heterocycles. The van der Waals surface area contributed by atoms with Crippen LogP contribution in [0.3, 0.4) is 0 Å². The highest BCUT2D eigenvalue weighted by atomic mass is 79.9. The summed E-state index contributed by atoms with van der Waals surface area (Å²) in [7, 11) is 0. The van der Waals surface area contributed by atoms with Crippen molar-refractivity contribution >= 4 is 15.9 Å². The molecule has 1 atom stereocenters. The van der Waals surface area contributed by atoms with E-state index in [2.05, 4.69) is 46.4 Å². The highest BCUT2D eigenvalue weighted by Crippen LogP contribution is 2.25. The van der Waals surface area contributed by atoms with Crippen molar-refractivity contribution in [3.8, 4) is 5.75 Å². The molecule has 1 saturated heterocycles. The van der Waals surface area contributed by atoms with Gasteiger partial charge in [-0.2, -0.15) is 0 Å². The first-order chi connectivity index (χ1) is 9.29. The molecule has 1 aliphatic rings. The van der Waals surface area contributed by atoms with Crippen LogP contribution in [0, 0.1) is 0 Å². The van der Waals surface area contributed by atoms with Crippen molar-refractivity contribution in [2.24, 2.45) is 0 Å². The molecule has 0 amide bonds. The molecule has 0 radical (unpaired) electrons. The maximum Gasteiger partial charge on any atom is 0.122 e. The van der Waals surface area contributed by atoms with E-state index in [0.29, 0.717) is 6.04 Å². The van der Waals surface area contributed by atoms with E-state index >= 15 is 0 Å². The Morgan fingerprint density at radius 2 is 2.26 bits per heavy atom. The van der Waals surface area contributed by atoms with Gasteiger partial charge in [0, 0.05) is 10.5 Å². The molecule has 0 bridgehead atoms. The minimum absolute atomic E-state index is 0.652. The van der Waals surface area contributed by atoms with E-state index in [1.807, 2.05) is 0 Å². The van der Waals surface area contributed by atoms with E-state index in [4.69, 9.17) is 4.74 Å². The number of aryl methyl sites for hydroxylation is 1. The van der Waals surface area contributed by atoms with Gasteiger partial charge in [-0.3, -0.25) is 0 Å². The van der Waals surface area contributed by atoms with Crippen LogP contribution in [0.5, 0.6) is 5.75 Å². The number of halogens is 1. The molecule has 0 aliphatic carbocycles. The first-order valence-electron chi connectivity index (χ1n) is 7.44. The number of benzene rings is 1. The summed E-state index contributed by atoms with van der Waals surface area (Å²) in [5.41, 5.74) is 1.31. The van der Waals surface area contributed by atoms with E-state index in [-0.39, 0.29) is 0 Å². The molecule has 19 heavy (non-hydrogen) atoms. The monoisotopic (exact) mass is 325 g/mol. The van der Waals surface area contributed by atoms with Gasteiger partial charge in [-0.25, -0.2) is 0 Å². The van der Waals surface area contributed by atoms with Crippen LogP contribution >= 0.6 is 15.9 Å². The number of rotatable bonds is 6. The number of nitrogens with one attached hydrogen (secondary N) is 1. The molecule has 0 spiro atoms. The predicted octanol–water partition coefficient (Wildman–Crippen LogP) is 4.31. The van der Waals surface area contributed by atoms with Gasteiger partial charge in [0.05, 0.1) is 6.61 Å². The molecule has 1 heterocycles. The zero-order valence-corrected chi connectivity index (χ0v) is 13.3. The van der Waals surface area contributed by atoms with Gasteiger partial charge in [0.2, 0.25) is 0 Å². The molecular formula is C16H24BrNO. The quantitative estimate of drug-likeness (QED) is 0.841. The lowest BCUT2D eigenvalue weighted by molar-refractivity contribution is 0.266. The molecule has 2 nitrogen and oxygen atoms in total. The van der Waals surface area contributed by atoms with Crippen LogP contribution in [0.1, 0.15) is 44.6 Å². The Morgan fingerprint density at radius 3 is 3.00 bits per heavy atom. The first kappa shape index (κ1) is 14.9. The van der Waals surface area contributed by atoms with Gasteiger partial charge >= 0.3 is 0 Å². The number of hydrogen-bond acceptors (Lipinski definition) is 2. The van der Waals surface area contributed by atoms with Crippen LogP contribution in [-0.4, -0.2) is 19.2 Å². The normalized spacial score (nSPS) is 19.4. The summed E-state index contributed by atoms with van der Waals surface area (Å²) in [5, 5.41) is 3.57. The van der Waals surface area contributed by atoms with Crippen molar-refractivity contribution in [2.75, 3.05) is 13.2 Å². The standard InChI is InChI=1S/C16H24BrNO/c1-2-5-13-12-14(17)7-8-16(13)19-11-9-15-6-3-4-10-18-15/h7-8,12,15,18H,2-6,9-11H2,1H3/t15-/m1/s1. The van der Waals surface area contributed by atoms with Crippen LogP contribution in [-0.2, 0) is 6.42 Å². The van der Waals surface area contributed by atoms with Gasteiger partial charge in [-0.1, -0.05) is 35.7 Å². The van der Waals surface area contributed by atoms with Gasteiger partial charge in [-0.05, 0) is 56.0 Å². The summed E-state index contributed by atoms with van der Waals surface area (Å²) in [4.78, 5) is 0. The molecule has 106 valence electrons. The Hall–Kier alpha value is -0.540. The van der Waals surface area contributed by atoms with Crippen molar-refractivity contribution < 1.29 is 4.74 Å². The smallest absolute Gasteiger partial charge is 0.122 e. The summed E-state index contributed by atoms with van der Waals surface area (Å²) in [6.07, 6.45) is 7.32. The maximum atomic E-state index is 5.99. The fraction of sp³-hybridized carbons (Fsp3) is 0.625. The molecule has 0 saturated carbocycles. The van der Waals surface area contributed by atoms with Crippen LogP contribution in [0.25, 0.3) is 0 Å². The average Bonchev–Trinajstić information content (AvgIpc) is 2.43. The fourth-order valence-electron chi connectivity index (χ4n) is 2.64. The third-order valence-electron chi connectivity index (χ3n) is 3.68. The van der Waals surface area contributed by atoms with Crippen LogP contribution in [0.2, 0.25) is 0 Å². The zero-order chi connectivity index (χ0) is 13.5. The molecule has 0 aromatic heterocycles. The Kier molecular flexibility index (Phi) is 6.18. The number of hydrogen-bond donors (Lipinski definition) is 1. The van der Waals surface area contributed by atoms with Gasteiger partial charge < -0.3 is 10.1 Å². The summed E-state index contributed by atoms with van der Waals surface area (Å²) in [6.45, 7) is 4.19. The molecule has 1 aromatic carbocycles. The number of piperidine rings is 1. The Bertz CT molecular complexity index is 388. The van der Waals surface area contributed by atoms with Gasteiger partial charge in [0.15, 0.2) is 0 Å².